The maximum absolute atomic E-state index is 12.3. The molecule has 2 aromatic heterocycles. The number of aromatic amines is 2. The molecular formula is C22H18N2O4. The van der Waals surface area contributed by atoms with Gasteiger partial charge < -0.3 is 19.4 Å². The first kappa shape index (κ1) is 17.6. The summed E-state index contributed by atoms with van der Waals surface area (Å²) in [6.45, 7) is 1.90. The van der Waals surface area contributed by atoms with Crippen molar-refractivity contribution in [2.45, 2.75) is 6.92 Å². The molecule has 2 N–H and O–H groups in total. The zero-order chi connectivity index (χ0) is 19.5. The number of fused-ring (bicyclic) bond motifs is 3. The Hall–Kier alpha value is -3.80. The van der Waals surface area contributed by atoms with Crippen molar-refractivity contribution in [3.8, 4) is 5.75 Å². The highest BCUT2D eigenvalue weighted by Gasteiger charge is 2.16. The van der Waals surface area contributed by atoms with Crippen LogP contribution >= 0.6 is 0 Å². The van der Waals surface area contributed by atoms with E-state index in [0.29, 0.717) is 16.4 Å². The first-order valence-corrected chi connectivity index (χ1v) is 8.90. The third kappa shape index (κ3) is 3.40. The van der Waals surface area contributed by atoms with Gasteiger partial charge in [0.15, 0.2) is 5.75 Å². The Morgan fingerprint density at radius 1 is 1.07 bits per heavy atom. The Bertz CT molecular complexity index is 1240. The summed E-state index contributed by atoms with van der Waals surface area (Å²) in [5.41, 5.74) is 2.75. The second kappa shape index (κ2) is 7.44. The molecule has 0 spiro atoms. The number of nitrogens with one attached hydrogen (secondary N) is 2. The maximum Gasteiger partial charge on any atom is 0.513 e. The number of rotatable bonds is 4. The zero-order valence-corrected chi connectivity index (χ0v) is 15.2. The van der Waals surface area contributed by atoms with Gasteiger partial charge in [0.1, 0.15) is 5.52 Å². The van der Waals surface area contributed by atoms with Crippen LogP contribution in [0.3, 0.4) is 0 Å². The van der Waals surface area contributed by atoms with E-state index in [9.17, 15) is 9.59 Å². The van der Waals surface area contributed by atoms with Crippen molar-refractivity contribution in [1.82, 2.24) is 9.97 Å². The monoisotopic (exact) mass is 374 g/mol. The van der Waals surface area contributed by atoms with E-state index in [1.165, 1.54) is 6.20 Å². The number of ether oxygens (including phenoxy) is 2. The molecule has 6 heteroatoms. The smallest absolute Gasteiger partial charge is 0.434 e. The normalized spacial score (nSPS) is 11.3. The summed E-state index contributed by atoms with van der Waals surface area (Å²) in [7, 11) is 0. The van der Waals surface area contributed by atoms with E-state index in [2.05, 4.69) is 9.97 Å². The van der Waals surface area contributed by atoms with Gasteiger partial charge >= 0.3 is 6.16 Å². The molecule has 4 aromatic rings. The quantitative estimate of drug-likeness (QED) is 0.400. The fraction of sp³-hybridized carbons (Fsp3) is 0.0909. The summed E-state index contributed by atoms with van der Waals surface area (Å²) in [5, 5.41) is 1.31. The summed E-state index contributed by atoms with van der Waals surface area (Å²) < 4.78 is 10.1. The Labute approximate surface area is 160 Å². The number of benzene rings is 2. The molecule has 0 amide bonds. The van der Waals surface area contributed by atoms with Gasteiger partial charge in [0, 0.05) is 17.1 Å². The standard InChI is InChI=1S/C22H18N2O4/c1-2-27-22(26)28-18-13-23-20-19(18)16-12-15(10-11-17(16)24-21(20)25)9-8-14-6-4-3-5-7-14/h3-13,23H,2H2,1H3,(H,24,25). The SMILES string of the molecule is CCOC(=O)Oc1c[nH]c2c(=O)[nH]c3ccc(C=Cc4ccccc4)cc3c12. The van der Waals surface area contributed by atoms with Gasteiger partial charge in [-0.05, 0) is 30.2 Å². The van der Waals surface area contributed by atoms with Crippen LogP contribution in [0.15, 0.2) is 59.5 Å². The third-order valence-electron chi connectivity index (χ3n) is 4.36. The minimum Gasteiger partial charge on any atom is -0.434 e. The molecule has 0 atom stereocenters. The number of aromatic nitrogens is 2. The zero-order valence-electron chi connectivity index (χ0n) is 15.2. The summed E-state index contributed by atoms with van der Waals surface area (Å²) in [5.74, 6) is 0.258. The van der Waals surface area contributed by atoms with Crippen LogP contribution in [-0.2, 0) is 4.74 Å². The van der Waals surface area contributed by atoms with Crippen molar-refractivity contribution in [2.75, 3.05) is 6.61 Å². The predicted octanol–water partition coefficient (Wildman–Crippen LogP) is 4.72. The molecular weight excluding hydrogens is 356 g/mol. The van der Waals surface area contributed by atoms with Gasteiger partial charge in [-0.1, -0.05) is 48.6 Å². The van der Waals surface area contributed by atoms with E-state index >= 15 is 0 Å². The molecule has 0 aliphatic rings. The second-order valence-corrected chi connectivity index (χ2v) is 6.19. The fourth-order valence-electron chi connectivity index (χ4n) is 3.09. The van der Waals surface area contributed by atoms with E-state index in [0.717, 1.165) is 16.5 Å². The molecule has 2 aromatic carbocycles. The number of hydrogen-bond donors (Lipinski definition) is 2. The Balaban J connectivity index is 1.82. The summed E-state index contributed by atoms with van der Waals surface area (Å²) in [6, 6.07) is 15.7. The molecule has 0 bridgehead atoms. The Kier molecular flexibility index (Phi) is 4.68. The summed E-state index contributed by atoms with van der Waals surface area (Å²) >= 11 is 0. The lowest BCUT2D eigenvalue weighted by atomic mass is 10.1. The molecule has 0 aliphatic heterocycles. The van der Waals surface area contributed by atoms with Crippen molar-refractivity contribution in [3.63, 3.8) is 0 Å². The fourth-order valence-corrected chi connectivity index (χ4v) is 3.09. The van der Waals surface area contributed by atoms with E-state index in [-0.39, 0.29) is 17.9 Å². The molecule has 0 saturated heterocycles. The van der Waals surface area contributed by atoms with Crippen molar-refractivity contribution in [3.05, 3.63) is 76.2 Å². The van der Waals surface area contributed by atoms with Gasteiger partial charge in [0.25, 0.3) is 5.56 Å². The second-order valence-electron chi connectivity index (χ2n) is 6.19. The van der Waals surface area contributed by atoms with Crippen molar-refractivity contribution < 1.29 is 14.3 Å². The largest absolute Gasteiger partial charge is 0.513 e. The number of carbonyl (C=O) groups excluding carboxylic acids is 1. The molecule has 140 valence electrons. The van der Waals surface area contributed by atoms with Gasteiger partial charge in [0.05, 0.1) is 12.0 Å². The van der Waals surface area contributed by atoms with Crippen LogP contribution in [0, 0.1) is 0 Å². The summed E-state index contributed by atoms with van der Waals surface area (Å²) in [6.07, 6.45) is 4.68. The molecule has 4 rings (SSSR count). The van der Waals surface area contributed by atoms with E-state index < -0.39 is 6.16 Å². The van der Waals surface area contributed by atoms with Crippen LogP contribution in [0.5, 0.6) is 5.75 Å². The van der Waals surface area contributed by atoms with Gasteiger partial charge in [-0.15, -0.1) is 0 Å². The highest BCUT2D eigenvalue weighted by Crippen LogP contribution is 2.31. The lowest BCUT2D eigenvalue weighted by Crippen LogP contribution is -2.10. The Morgan fingerprint density at radius 3 is 2.64 bits per heavy atom. The average Bonchev–Trinajstić information content (AvgIpc) is 3.12. The highest BCUT2D eigenvalue weighted by molar-refractivity contribution is 6.09. The van der Waals surface area contributed by atoms with E-state index in [4.69, 9.17) is 9.47 Å². The lowest BCUT2D eigenvalue weighted by molar-refractivity contribution is 0.105. The molecule has 0 aliphatic carbocycles. The third-order valence-corrected chi connectivity index (χ3v) is 4.36. The number of pyridine rings is 1. The molecule has 0 radical (unpaired) electrons. The first-order valence-electron chi connectivity index (χ1n) is 8.90. The molecule has 0 saturated carbocycles. The van der Waals surface area contributed by atoms with Crippen LogP contribution in [0.4, 0.5) is 4.79 Å². The molecule has 0 fully saturated rings. The topological polar surface area (TPSA) is 84.2 Å². The van der Waals surface area contributed by atoms with Gasteiger partial charge in [-0.25, -0.2) is 4.79 Å². The number of hydrogen-bond acceptors (Lipinski definition) is 4. The van der Waals surface area contributed by atoms with E-state index in [1.54, 1.807) is 6.92 Å². The molecule has 0 unspecified atom stereocenters. The van der Waals surface area contributed by atoms with Crippen molar-refractivity contribution in [2.24, 2.45) is 0 Å². The van der Waals surface area contributed by atoms with Crippen molar-refractivity contribution >= 4 is 40.1 Å². The van der Waals surface area contributed by atoms with Gasteiger partial charge in [-0.2, -0.15) is 0 Å². The van der Waals surface area contributed by atoms with Gasteiger partial charge in [-0.3, -0.25) is 4.79 Å². The van der Waals surface area contributed by atoms with Crippen LogP contribution in [-0.4, -0.2) is 22.7 Å². The van der Waals surface area contributed by atoms with Crippen LogP contribution < -0.4 is 10.3 Å². The average molecular weight is 374 g/mol. The van der Waals surface area contributed by atoms with Crippen LogP contribution in [0.1, 0.15) is 18.1 Å². The summed E-state index contributed by atoms with van der Waals surface area (Å²) in [4.78, 5) is 29.8. The Morgan fingerprint density at radius 2 is 1.86 bits per heavy atom. The maximum atomic E-state index is 12.3. The number of carbonyl (C=O) groups is 1. The molecule has 2 heterocycles. The van der Waals surface area contributed by atoms with Gasteiger partial charge in [0.2, 0.25) is 0 Å². The van der Waals surface area contributed by atoms with Crippen LogP contribution in [0.25, 0.3) is 34.0 Å². The molecule has 28 heavy (non-hydrogen) atoms. The first-order chi connectivity index (χ1) is 13.7. The molecule has 6 nitrogen and oxygen atoms in total. The highest BCUT2D eigenvalue weighted by atomic mass is 16.7. The lowest BCUT2D eigenvalue weighted by Gasteiger charge is -2.06. The van der Waals surface area contributed by atoms with E-state index in [1.807, 2.05) is 60.7 Å². The minimum atomic E-state index is -0.808. The van der Waals surface area contributed by atoms with Crippen molar-refractivity contribution in [1.29, 1.82) is 0 Å². The minimum absolute atomic E-state index is 0.205. The number of H-pyrrole nitrogens is 2. The predicted molar refractivity (Wildman–Crippen MR) is 109 cm³/mol. The van der Waals surface area contributed by atoms with Crippen LogP contribution in [0.2, 0.25) is 0 Å².